The summed E-state index contributed by atoms with van der Waals surface area (Å²) in [6, 6.07) is 8.93. The summed E-state index contributed by atoms with van der Waals surface area (Å²) in [6.07, 6.45) is 2.96. The molecule has 1 fully saturated rings. The molecule has 1 saturated carbocycles. The molecule has 0 bridgehead atoms. The van der Waals surface area contributed by atoms with E-state index in [4.69, 9.17) is 10.5 Å². The standard InChI is InChI=1S/C15H24N2O/c1-12(2)18-9-8-17(15-6-7-15)11-13-4-3-5-14(16)10-13/h3-5,10,12,15H,6-9,11,16H2,1-2H3. The highest BCUT2D eigenvalue weighted by atomic mass is 16.5. The van der Waals surface area contributed by atoms with Gasteiger partial charge in [-0.1, -0.05) is 12.1 Å². The summed E-state index contributed by atoms with van der Waals surface area (Å²) in [7, 11) is 0. The van der Waals surface area contributed by atoms with Crippen molar-refractivity contribution in [3.8, 4) is 0 Å². The lowest BCUT2D eigenvalue weighted by Crippen LogP contribution is -2.30. The van der Waals surface area contributed by atoms with Gasteiger partial charge in [-0.15, -0.1) is 0 Å². The second-order valence-electron chi connectivity index (χ2n) is 5.37. The lowest BCUT2D eigenvalue weighted by Gasteiger charge is -2.22. The van der Waals surface area contributed by atoms with E-state index in [0.29, 0.717) is 6.10 Å². The first-order valence-corrected chi connectivity index (χ1v) is 6.85. The van der Waals surface area contributed by atoms with E-state index in [9.17, 15) is 0 Å². The molecule has 0 radical (unpaired) electrons. The largest absolute Gasteiger partial charge is 0.399 e. The smallest absolute Gasteiger partial charge is 0.0597 e. The third-order valence-corrected chi connectivity index (χ3v) is 3.23. The molecule has 1 aliphatic carbocycles. The molecule has 0 saturated heterocycles. The van der Waals surface area contributed by atoms with Gasteiger partial charge in [0.05, 0.1) is 12.7 Å². The van der Waals surface area contributed by atoms with Crippen molar-refractivity contribution in [2.45, 2.75) is 45.4 Å². The van der Waals surface area contributed by atoms with Crippen LogP contribution >= 0.6 is 0 Å². The summed E-state index contributed by atoms with van der Waals surface area (Å²) in [5.74, 6) is 0. The van der Waals surface area contributed by atoms with Crippen molar-refractivity contribution in [3.05, 3.63) is 29.8 Å². The number of ether oxygens (including phenoxy) is 1. The average molecular weight is 248 g/mol. The van der Waals surface area contributed by atoms with Gasteiger partial charge in [0, 0.05) is 24.8 Å². The van der Waals surface area contributed by atoms with Gasteiger partial charge in [0.15, 0.2) is 0 Å². The van der Waals surface area contributed by atoms with Crippen molar-refractivity contribution >= 4 is 5.69 Å². The van der Waals surface area contributed by atoms with E-state index in [2.05, 4.69) is 30.9 Å². The topological polar surface area (TPSA) is 38.5 Å². The minimum Gasteiger partial charge on any atom is -0.399 e. The second-order valence-corrected chi connectivity index (χ2v) is 5.37. The van der Waals surface area contributed by atoms with Gasteiger partial charge in [-0.25, -0.2) is 0 Å². The molecule has 100 valence electrons. The molecule has 3 nitrogen and oxygen atoms in total. The molecule has 2 N–H and O–H groups in total. The Bertz CT molecular complexity index is 375. The number of nitrogens with zero attached hydrogens (tertiary/aromatic N) is 1. The summed E-state index contributed by atoms with van der Waals surface area (Å²) >= 11 is 0. The first-order valence-electron chi connectivity index (χ1n) is 6.85. The van der Waals surface area contributed by atoms with Crippen LogP contribution in [0.2, 0.25) is 0 Å². The SMILES string of the molecule is CC(C)OCCN(Cc1cccc(N)c1)C1CC1. The van der Waals surface area contributed by atoms with E-state index in [1.165, 1.54) is 18.4 Å². The zero-order chi connectivity index (χ0) is 13.0. The fourth-order valence-corrected chi connectivity index (χ4v) is 2.16. The average Bonchev–Trinajstić information content (AvgIpc) is 3.11. The molecule has 0 aliphatic heterocycles. The van der Waals surface area contributed by atoms with Crippen LogP contribution in [0.1, 0.15) is 32.3 Å². The molecule has 3 heteroatoms. The van der Waals surface area contributed by atoms with Crippen LogP contribution < -0.4 is 5.73 Å². The Hall–Kier alpha value is -1.06. The van der Waals surface area contributed by atoms with E-state index in [-0.39, 0.29) is 0 Å². The lowest BCUT2D eigenvalue weighted by molar-refractivity contribution is 0.0555. The zero-order valence-corrected chi connectivity index (χ0v) is 11.4. The van der Waals surface area contributed by atoms with E-state index in [0.717, 1.165) is 31.4 Å². The number of rotatable bonds is 7. The minimum atomic E-state index is 0.318. The predicted octanol–water partition coefficient (Wildman–Crippen LogP) is 2.66. The van der Waals surface area contributed by atoms with E-state index in [1.807, 2.05) is 12.1 Å². The molecule has 2 rings (SSSR count). The van der Waals surface area contributed by atoms with Crippen molar-refractivity contribution in [1.29, 1.82) is 0 Å². The van der Waals surface area contributed by atoms with E-state index < -0.39 is 0 Å². The maximum absolute atomic E-state index is 5.82. The van der Waals surface area contributed by atoms with Gasteiger partial charge >= 0.3 is 0 Å². The summed E-state index contributed by atoms with van der Waals surface area (Å²) in [5.41, 5.74) is 7.97. The van der Waals surface area contributed by atoms with Gasteiger partial charge in [-0.3, -0.25) is 4.90 Å². The Labute approximate surface area is 110 Å². The van der Waals surface area contributed by atoms with E-state index >= 15 is 0 Å². The lowest BCUT2D eigenvalue weighted by atomic mass is 10.2. The highest BCUT2D eigenvalue weighted by Gasteiger charge is 2.28. The Balaban J connectivity index is 1.86. The number of hydrogen-bond donors (Lipinski definition) is 1. The quantitative estimate of drug-likeness (QED) is 0.754. The molecule has 0 heterocycles. The number of anilines is 1. The summed E-state index contributed by atoms with van der Waals surface area (Å²) in [6.45, 7) is 6.98. The highest BCUT2D eigenvalue weighted by molar-refractivity contribution is 5.40. The molecule has 0 spiro atoms. The Morgan fingerprint density at radius 1 is 1.39 bits per heavy atom. The van der Waals surface area contributed by atoms with Crippen LogP contribution in [0.25, 0.3) is 0 Å². The fourth-order valence-electron chi connectivity index (χ4n) is 2.16. The van der Waals surface area contributed by atoms with E-state index in [1.54, 1.807) is 0 Å². The van der Waals surface area contributed by atoms with Crippen LogP contribution in [0.4, 0.5) is 5.69 Å². The van der Waals surface area contributed by atoms with Crippen LogP contribution in [-0.4, -0.2) is 30.2 Å². The third kappa shape index (κ3) is 4.31. The normalized spacial score (nSPS) is 15.6. The number of nitrogen functional groups attached to an aromatic ring is 1. The van der Waals surface area contributed by atoms with Gasteiger partial charge in [0.25, 0.3) is 0 Å². The third-order valence-electron chi connectivity index (χ3n) is 3.23. The number of benzene rings is 1. The first kappa shape index (κ1) is 13.4. The molecule has 0 unspecified atom stereocenters. The van der Waals surface area contributed by atoms with Gasteiger partial charge in [0.1, 0.15) is 0 Å². The van der Waals surface area contributed by atoms with Gasteiger partial charge in [-0.05, 0) is 44.4 Å². The van der Waals surface area contributed by atoms with Crippen molar-refractivity contribution in [2.24, 2.45) is 0 Å². The van der Waals surface area contributed by atoms with Crippen LogP contribution in [0, 0.1) is 0 Å². The van der Waals surface area contributed by atoms with Crippen molar-refractivity contribution in [3.63, 3.8) is 0 Å². The van der Waals surface area contributed by atoms with Crippen LogP contribution in [0.5, 0.6) is 0 Å². The number of hydrogen-bond acceptors (Lipinski definition) is 3. The Morgan fingerprint density at radius 2 is 2.17 bits per heavy atom. The molecule has 1 aliphatic rings. The van der Waals surface area contributed by atoms with Crippen molar-refractivity contribution in [1.82, 2.24) is 4.90 Å². The number of nitrogens with two attached hydrogens (primary N) is 1. The molecule has 1 aromatic carbocycles. The first-order chi connectivity index (χ1) is 8.65. The zero-order valence-electron chi connectivity index (χ0n) is 11.4. The Kier molecular flexibility index (Phi) is 4.61. The molecule has 0 aromatic heterocycles. The maximum atomic E-state index is 5.82. The molecule has 18 heavy (non-hydrogen) atoms. The van der Waals surface area contributed by atoms with Gasteiger partial charge in [-0.2, -0.15) is 0 Å². The fraction of sp³-hybridized carbons (Fsp3) is 0.600. The molecule has 0 amide bonds. The van der Waals surface area contributed by atoms with Gasteiger partial charge in [0.2, 0.25) is 0 Å². The molecule has 0 atom stereocenters. The minimum absolute atomic E-state index is 0.318. The molecular weight excluding hydrogens is 224 g/mol. The van der Waals surface area contributed by atoms with Crippen molar-refractivity contribution in [2.75, 3.05) is 18.9 Å². The monoisotopic (exact) mass is 248 g/mol. The summed E-state index contributed by atoms with van der Waals surface area (Å²) in [4.78, 5) is 2.51. The van der Waals surface area contributed by atoms with Crippen LogP contribution in [0.15, 0.2) is 24.3 Å². The maximum Gasteiger partial charge on any atom is 0.0597 e. The van der Waals surface area contributed by atoms with Crippen LogP contribution in [0.3, 0.4) is 0 Å². The predicted molar refractivity (Wildman–Crippen MR) is 75.4 cm³/mol. The highest BCUT2D eigenvalue weighted by Crippen LogP contribution is 2.28. The molecule has 1 aromatic rings. The summed E-state index contributed by atoms with van der Waals surface area (Å²) < 4.78 is 5.65. The van der Waals surface area contributed by atoms with Crippen molar-refractivity contribution < 1.29 is 4.74 Å². The second kappa shape index (κ2) is 6.21. The Morgan fingerprint density at radius 3 is 2.78 bits per heavy atom. The van der Waals surface area contributed by atoms with Gasteiger partial charge < -0.3 is 10.5 Å². The van der Waals surface area contributed by atoms with Crippen LogP contribution in [-0.2, 0) is 11.3 Å². The summed E-state index contributed by atoms with van der Waals surface area (Å²) in [5, 5.41) is 0. The molecular formula is C15H24N2O.